The number of H-pyrrole nitrogens is 1. The molecule has 0 aliphatic carbocycles. The SMILES string of the molecule is O=C(Nc1cccc(-c2ccc(F)cc2)c1)[C@@H]1CCCN(C(=O)c2cn[nH]c2)C1. The number of anilines is 1. The maximum absolute atomic E-state index is 13.1. The topological polar surface area (TPSA) is 78.1 Å². The molecule has 1 aliphatic rings. The van der Waals surface area contributed by atoms with Crippen molar-refractivity contribution in [2.24, 2.45) is 5.92 Å². The molecule has 0 unspecified atom stereocenters. The Balaban J connectivity index is 1.43. The summed E-state index contributed by atoms with van der Waals surface area (Å²) >= 11 is 0. The summed E-state index contributed by atoms with van der Waals surface area (Å²) in [5, 5.41) is 9.41. The number of nitrogens with one attached hydrogen (secondary N) is 2. The van der Waals surface area contributed by atoms with E-state index in [9.17, 15) is 14.0 Å². The zero-order chi connectivity index (χ0) is 20.2. The molecule has 1 aliphatic heterocycles. The van der Waals surface area contributed by atoms with Crippen molar-refractivity contribution in [1.29, 1.82) is 0 Å². The molecule has 0 spiro atoms. The molecule has 2 amide bonds. The molecule has 0 radical (unpaired) electrons. The highest BCUT2D eigenvalue weighted by molar-refractivity contribution is 5.96. The number of piperidine rings is 1. The van der Waals surface area contributed by atoms with E-state index >= 15 is 0 Å². The van der Waals surface area contributed by atoms with E-state index in [1.54, 1.807) is 23.2 Å². The molecule has 4 rings (SSSR count). The third-order valence-corrected chi connectivity index (χ3v) is 5.13. The first-order valence-electron chi connectivity index (χ1n) is 9.55. The molecule has 2 aromatic carbocycles. The summed E-state index contributed by atoms with van der Waals surface area (Å²) in [4.78, 5) is 27.0. The van der Waals surface area contributed by atoms with Gasteiger partial charge in [-0.1, -0.05) is 24.3 Å². The van der Waals surface area contributed by atoms with Gasteiger partial charge in [0.1, 0.15) is 5.82 Å². The van der Waals surface area contributed by atoms with Crippen LogP contribution in [0.5, 0.6) is 0 Å². The molecule has 1 fully saturated rings. The lowest BCUT2D eigenvalue weighted by atomic mass is 9.96. The Labute approximate surface area is 167 Å². The molecule has 6 nitrogen and oxygen atoms in total. The lowest BCUT2D eigenvalue weighted by Crippen LogP contribution is -2.43. The van der Waals surface area contributed by atoms with Gasteiger partial charge in [-0.05, 0) is 48.2 Å². The van der Waals surface area contributed by atoms with Crippen molar-refractivity contribution >= 4 is 17.5 Å². The number of nitrogens with zero attached hydrogens (tertiary/aromatic N) is 2. The number of aromatic nitrogens is 2. The van der Waals surface area contributed by atoms with Crippen LogP contribution in [0.2, 0.25) is 0 Å². The summed E-state index contributed by atoms with van der Waals surface area (Å²) in [5.74, 6) is -0.778. The average molecular weight is 392 g/mol. The second-order valence-electron chi connectivity index (χ2n) is 7.15. The molecule has 3 aromatic rings. The zero-order valence-corrected chi connectivity index (χ0v) is 15.8. The van der Waals surface area contributed by atoms with Crippen LogP contribution in [0.3, 0.4) is 0 Å². The van der Waals surface area contributed by atoms with Crippen molar-refractivity contribution in [3.05, 3.63) is 72.3 Å². The summed E-state index contributed by atoms with van der Waals surface area (Å²) < 4.78 is 13.1. The van der Waals surface area contributed by atoms with E-state index in [0.717, 1.165) is 24.0 Å². The Morgan fingerprint density at radius 3 is 2.72 bits per heavy atom. The molecule has 1 atom stereocenters. The van der Waals surface area contributed by atoms with Crippen LogP contribution >= 0.6 is 0 Å². The van der Waals surface area contributed by atoms with E-state index < -0.39 is 0 Å². The minimum absolute atomic E-state index is 0.106. The van der Waals surface area contributed by atoms with Crippen molar-refractivity contribution in [3.8, 4) is 11.1 Å². The Morgan fingerprint density at radius 1 is 1.14 bits per heavy atom. The normalized spacial score (nSPS) is 16.4. The number of carbonyl (C=O) groups is 2. The largest absolute Gasteiger partial charge is 0.338 e. The van der Waals surface area contributed by atoms with Crippen LogP contribution in [0, 0.1) is 11.7 Å². The lowest BCUT2D eigenvalue weighted by Gasteiger charge is -2.31. The van der Waals surface area contributed by atoms with Gasteiger partial charge in [-0.2, -0.15) is 5.10 Å². The van der Waals surface area contributed by atoms with Crippen molar-refractivity contribution in [1.82, 2.24) is 15.1 Å². The highest BCUT2D eigenvalue weighted by Gasteiger charge is 2.29. The van der Waals surface area contributed by atoms with Gasteiger partial charge in [-0.3, -0.25) is 14.7 Å². The van der Waals surface area contributed by atoms with Crippen LogP contribution in [-0.4, -0.2) is 40.0 Å². The number of amides is 2. The molecule has 1 aromatic heterocycles. The third kappa shape index (κ3) is 4.34. The Kier molecular flexibility index (Phi) is 5.37. The Morgan fingerprint density at radius 2 is 1.97 bits per heavy atom. The van der Waals surface area contributed by atoms with E-state index in [0.29, 0.717) is 24.3 Å². The van der Waals surface area contributed by atoms with E-state index in [1.807, 2.05) is 24.3 Å². The van der Waals surface area contributed by atoms with Crippen molar-refractivity contribution in [3.63, 3.8) is 0 Å². The van der Waals surface area contributed by atoms with Gasteiger partial charge >= 0.3 is 0 Å². The first-order chi connectivity index (χ1) is 14.1. The van der Waals surface area contributed by atoms with Gasteiger partial charge in [0.25, 0.3) is 5.91 Å². The standard InChI is InChI=1S/C22H21FN4O2/c23-19-8-6-15(7-9-19)16-3-1-5-20(11-16)26-21(28)17-4-2-10-27(14-17)22(29)18-12-24-25-13-18/h1,3,5-9,11-13,17H,2,4,10,14H2,(H,24,25)(H,26,28)/t17-/m1/s1. The predicted octanol–water partition coefficient (Wildman–Crippen LogP) is 3.71. The highest BCUT2D eigenvalue weighted by atomic mass is 19.1. The maximum atomic E-state index is 13.1. The first kappa shape index (κ1) is 18.9. The van der Waals surface area contributed by atoms with Crippen LogP contribution in [0.4, 0.5) is 10.1 Å². The van der Waals surface area contributed by atoms with Gasteiger partial charge < -0.3 is 10.2 Å². The number of hydrogen-bond donors (Lipinski definition) is 2. The molecule has 1 saturated heterocycles. The number of aromatic amines is 1. The van der Waals surface area contributed by atoms with Gasteiger partial charge in [-0.15, -0.1) is 0 Å². The lowest BCUT2D eigenvalue weighted by molar-refractivity contribution is -0.121. The average Bonchev–Trinajstić information content (AvgIpc) is 3.29. The fraction of sp³-hybridized carbons (Fsp3) is 0.227. The van der Waals surface area contributed by atoms with Gasteiger partial charge in [-0.25, -0.2) is 4.39 Å². The zero-order valence-electron chi connectivity index (χ0n) is 15.8. The monoisotopic (exact) mass is 392 g/mol. The number of benzene rings is 2. The number of halogens is 1. The maximum Gasteiger partial charge on any atom is 0.257 e. The molecule has 2 heterocycles. The van der Waals surface area contributed by atoms with E-state index in [-0.39, 0.29) is 23.5 Å². The van der Waals surface area contributed by atoms with Crippen LogP contribution in [0.25, 0.3) is 11.1 Å². The first-order valence-corrected chi connectivity index (χ1v) is 9.55. The van der Waals surface area contributed by atoms with E-state index in [4.69, 9.17) is 0 Å². The van der Waals surface area contributed by atoms with Crippen LogP contribution < -0.4 is 5.32 Å². The second kappa shape index (κ2) is 8.26. The van der Waals surface area contributed by atoms with Gasteiger partial charge in [0.05, 0.1) is 17.7 Å². The molecule has 2 N–H and O–H groups in total. The van der Waals surface area contributed by atoms with Gasteiger partial charge in [0, 0.05) is 25.0 Å². The predicted molar refractivity (Wildman–Crippen MR) is 108 cm³/mol. The van der Waals surface area contributed by atoms with E-state index in [2.05, 4.69) is 15.5 Å². The quantitative estimate of drug-likeness (QED) is 0.711. The molecule has 148 valence electrons. The molecule has 29 heavy (non-hydrogen) atoms. The van der Waals surface area contributed by atoms with Crippen LogP contribution in [0.15, 0.2) is 60.9 Å². The Hall–Kier alpha value is -3.48. The van der Waals surface area contributed by atoms with Crippen molar-refractivity contribution in [2.45, 2.75) is 12.8 Å². The summed E-state index contributed by atoms with van der Waals surface area (Å²) in [5.41, 5.74) is 2.94. The fourth-order valence-corrected chi connectivity index (χ4v) is 3.59. The number of hydrogen-bond acceptors (Lipinski definition) is 3. The number of rotatable bonds is 4. The number of carbonyl (C=O) groups excluding carboxylic acids is 2. The molecule has 7 heteroatoms. The van der Waals surface area contributed by atoms with Gasteiger partial charge in [0.2, 0.25) is 5.91 Å². The summed E-state index contributed by atoms with van der Waals surface area (Å²) in [6.07, 6.45) is 4.57. The fourth-order valence-electron chi connectivity index (χ4n) is 3.59. The van der Waals surface area contributed by atoms with Crippen LogP contribution in [-0.2, 0) is 4.79 Å². The van der Waals surface area contributed by atoms with Crippen LogP contribution in [0.1, 0.15) is 23.2 Å². The highest BCUT2D eigenvalue weighted by Crippen LogP contribution is 2.25. The molecular formula is C22H21FN4O2. The van der Waals surface area contributed by atoms with Crippen molar-refractivity contribution in [2.75, 3.05) is 18.4 Å². The molecular weight excluding hydrogens is 371 g/mol. The summed E-state index contributed by atoms with van der Waals surface area (Å²) in [7, 11) is 0. The second-order valence-corrected chi connectivity index (χ2v) is 7.15. The Bertz CT molecular complexity index is 1000. The number of likely N-dealkylation sites (tertiary alicyclic amines) is 1. The van der Waals surface area contributed by atoms with Crippen molar-refractivity contribution < 1.29 is 14.0 Å². The summed E-state index contributed by atoms with van der Waals surface area (Å²) in [6.45, 7) is 1.02. The summed E-state index contributed by atoms with van der Waals surface area (Å²) in [6, 6.07) is 13.7. The molecule has 0 bridgehead atoms. The smallest absolute Gasteiger partial charge is 0.257 e. The molecule has 0 saturated carbocycles. The minimum Gasteiger partial charge on any atom is -0.338 e. The minimum atomic E-state index is -0.287. The third-order valence-electron chi connectivity index (χ3n) is 5.13. The van der Waals surface area contributed by atoms with Gasteiger partial charge in [0.15, 0.2) is 0 Å². The van der Waals surface area contributed by atoms with E-state index in [1.165, 1.54) is 18.3 Å².